The summed E-state index contributed by atoms with van der Waals surface area (Å²) in [6.45, 7) is 11.8. The highest BCUT2D eigenvalue weighted by Gasteiger charge is 2.41. The Morgan fingerprint density at radius 1 is 1.20 bits per heavy atom. The third-order valence-corrected chi connectivity index (χ3v) is 6.14. The van der Waals surface area contributed by atoms with Crippen LogP contribution in [0.2, 0.25) is 0 Å². The van der Waals surface area contributed by atoms with Gasteiger partial charge >= 0.3 is 0 Å². The van der Waals surface area contributed by atoms with Crippen molar-refractivity contribution in [2.24, 2.45) is 5.73 Å². The number of allylic oxidation sites excluding steroid dienone is 1. The van der Waals surface area contributed by atoms with Crippen LogP contribution in [0.4, 0.5) is 0 Å². The molecule has 2 heteroatoms. The number of rotatable bonds is 4. The van der Waals surface area contributed by atoms with Crippen molar-refractivity contribution in [3.63, 3.8) is 0 Å². The molecule has 0 atom stereocenters. The summed E-state index contributed by atoms with van der Waals surface area (Å²) in [6.07, 6.45) is 8.53. The number of nitrogens with two attached hydrogens (primary N) is 1. The summed E-state index contributed by atoms with van der Waals surface area (Å²) < 4.78 is 0. The van der Waals surface area contributed by atoms with E-state index in [1.54, 1.807) is 0 Å². The molecular weight excluding hydrogens is 304 g/mol. The molecule has 0 unspecified atom stereocenters. The third kappa shape index (κ3) is 3.62. The largest absolute Gasteiger partial charge is 0.402 e. The van der Waals surface area contributed by atoms with Gasteiger partial charge < -0.3 is 5.73 Å². The smallest absolute Gasteiger partial charge is 0.0605 e. The quantitative estimate of drug-likeness (QED) is 0.831. The van der Waals surface area contributed by atoms with E-state index >= 15 is 0 Å². The van der Waals surface area contributed by atoms with Gasteiger partial charge in [-0.1, -0.05) is 44.3 Å². The molecule has 3 rings (SSSR count). The van der Waals surface area contributed by atoms with Crippen LogP contribution < -0.4 is 5.73 Å². The van der Waals surface area contributed by atoms with E-state index in [0.717, 1.165) is 31.5 Å². The topological polar surface area (TPSA) is 29.3 Å². The second-order valence-electron chi connectivity index (χ2n) is 7.78. The van der Waals surface area contributed by atoms with E-state index in [1.165, 1.54) is 61.0 Å². The third-order valence-electron chi connectivity index (χ3n) is 6.14. The average Bonchev–Trinajstić information content (AvgIpc) is 2.56. The molecular formula is C23H32N2. The molecule has 1 aromatic rings. The summed E-state index contributed by atoms with van der Waals surface area (Å²) in [7, 11) is 0. The Morgan fingerprint density at radius 2 is 1.92 bits per heavy atom. The maximum Gasteiger partial charge on any atom is 0.0605 e. The highest BCUT2D eigenvalue weighted by Crippen LogP contribution is 2.48. The molecule has 2 fully saturated rings. The fourth-order valence-corrected chi connectivity index (χ4v) is 4.34. The molecule has 0 spiro atoms. The van der Waals surface area contributed by atoms with E-state index in [9.17, 15) is 0 Å². The molecule has 1 aliphatic carbocycles. The second-order valence-corrected chi connectivity index (χ2v) is 7.78. The van der Waals surface area contributed by atoms with E-state index in [2.05, 4.69) is 49.3 Å². The van der Waals surface area contributed by atoms with Crippen LogP contribution in [0.15, 0.2) is 24.4 Å². The summed E-state index contributed by atoms with van der Waals surface area (Å²) in [5.74, 6) is 6.87. The molecule has 2 N–H and O–H groups in total. The van der Waals surface area contributed by atoms with E-state index in [0.29, 0.717) is 0 Å². The Bertz CT molecular complexity index is 695. The maximum atomic E-state index is 6.20. The summed E-state index contributed by atoms with van der Waals surface area (Å²) in [4.78, 5) is 2.48. The highest BCUT2D eigenvalue weighted by molar-refractivity contribution is 5.52. The van der Waals surface area contributed by atoms with Gasteiger partial charge in [0.2, 0.25) is 0 Å². The van der Waals surface area contributed by atoms with Crippen LogP contribution in [0.25, 0.3) is 0 Å². The van der Waals surface area contributed by atoms with Gasteiger partial charge in [-0.25, -0.2) is 0 Å². The first kappa shape index (κ1) is 18.1. The molecule has 2 aliphatic rings. The van der Waals surface area contributed by atoms with E-state index in [1.807, 2.05) is 0 Å². The van der Waals surface area contributed by atoms with Gasteiger partial charge in [-0.15, -0.1) is 0 Å². The van der Waals surface area contributed by atoms with E-state index in [4.69, 9.17) is 5.73 Å². The van der Waals surface area contributed by atoms with Crippen LogP contribution in [-0.2, 0) is 11.8 Å². The monoisotopic (exact) mass is 336 g/mol. The number of aryl methyl sites for hydroxylation is 2. The standard InChI is InChI=1S/C23H32N2/c1-4-20-17-22(23(19(3)24)11-9-12-23)18(2)16-21(20)10-8-15-25-13-6-5-7-14-25/h16-17H,3-7,9,11-15,24H2,1-2H3. The van der Waals surface area contributed by atoms with Crippen LogP contribution in [0, 0.1) is 18.8 Å². The Morgan fingerprint density at radius 3 is 2.48 bits per heavy atom. The normalized spacial score (nSPS) is 19.6. The lowest BCUT2D eigenvalue weighted by Crippen LogP contribution is -2.39. The first-order valence-corrected chi connectivity index (χ1v) is 9.87. The molecule has 1 aromatic carbocycles. The predicted molar refractivity (Wildman–Crippen MR) is 107 cm³/mol. The molecule has 1 heterocycles. The van der Waals surface area contributed by atoms with Crippen molar-refractivity contribution in [2.75, 3.05) is 19.6 Å². The van der Waals surface area contributed by atoms with Gasteiger partial charge in [0.05, 0.1) is 6.54 Å². The Labute approximate surface area is 153 Å². The minimum absolute atomic E-state index is 0.00770. The number of hydrogen-bond acceptors (Lipinski definition) is 2. The van der Waals surface area contributed by atoms with Crippen molar-refractivity contribution in [3.8, 4) is 11.8 Å². The van der Waals surface area contributed by atoms with Crippen molar-refractivity contribution in [1.29, 1.82) is 0 Å². The molecule has 0 radical (unpaired) electrons. The van der Waals surface area contributed by atoms with Crippen LogP contribution in [0.1, 0.15) is 67.7 Å². The number of benzene rings is 1. The molecule has 1 saturated heterocycles. The summed E-state index contributed by atoms with van der Waals surface area (Å²) in [6, 6.07) is 4.64. The number of hydrogen-bond donors (Lipinski definition) is 1. The number of likely N-dealkylation sites (tertiary alicyclic amines) is 1. The lowest BCUT2D eigenvalue weighted by atomic mass is 9.61. The van der Waals surface area contributed by atoms with Crippen molar-refractivity contribution >= 4 is 0 Å². The maximum absolute atomic E-state index is 6.20. The van der Waals surface area contributed by atoms with Crippen LogP contribution in [0.5, 0.6) is 0 Å². The minimum Gasteiger partial charge on any atom is -0.402 e. The lowest BCUT2D eigenvalue weighted by Gasteiger charge is -2.44. The van der Waals surface area contributed by atoms with Gasteiger partial charge in [0.25, 0.3) is 0 Å². The summed E-state index contributed by atoms with van der Waals surface area (Å²) in [5, 5.41) is 0. The zero-order chi connectivity index (χ0) is 17.9. The van der Waals surface area contributed by atoms with Crippen molar-refractivity contribution < 1.29 is 0 Å². The highest BCUT2D eigenvalue weighted by atomic mass is 15.1. The van der Waals surface area contributed by atoms with Crippen molar-refractivity contribution in [3.05, 3.63) is 46.7 Å². The molecule has 134 valence electrons. The van der Waals surface area contributed by atoms with E-state index < -0.39 is 0 Å². The van der Waals surface area contributed by atoms with Crippen molar-refractivity contribution in [1.82, 2.24) is 4.90 Å². The summed E-state index contributed by atoms with van der Waals surface area (Å²) >= 11 is 0. The lowest BCUT2D eigenvalue weighted by molar-refractivity contribution is 0.255. The molecule has 1 saturated carbocycles. The molecule has 0 amide bonds. The fraction of sp³-hybridized carbons (Fsp3) is 0.565. The zero-order valence-electron chi connectivity index (χ0n) is 16.0. The van der Waals surface area contributed by atoms with Gasteiger partial charge in [0.1, 0.15) is 0 Å². The molecule has 25 heavy (non-hydrogen) atoms. The first-order chi connectivity index (χ1) is 12.1. The fourth-order valence-electron chi connectivity index (χ4n) is 4.34. The van der Waals surface area contributed by atoms with Crippen LogP contribution in [-0.4, -0.2) is 24.5 Å². The number of nitrogens with zero attached hydrogens (tertiary/aromatic N) is 1. The van der Waals surface area contributed by atoms with Gasteiger partial charge in [0.15, 0.2) is 0 Å². The van der Waals surface area contributed by atoms with Gasteiger partial charge in [0, 0.05) is 16.7 Å². The van der Waals surface area contributed by atoms with Crippen LogP contribution in [0.3, 0.4) is 0 Å². The molecule has 0 aromatic heterocycles. The van der Waals surface area contributed by atoms with Gasteiger partial charge in [-0.3, -0.25) is 4.90 Å². The SMILES string of the molecule is C=C(N)C1(c2cc(CC)c(C#CCN3CCCCC3)cc2C)CCC1. The predicted octanol–water partition coefficient (Wildman–Crippen LogP) is 4.29. The van der Waals surface area contributed by atoms with Crippen molar-refractivity contribution in [2.45, 2.75) is 64.2 Å². The molecule has 0 bridgehead atoms. The Balaban J connectivity index is 1.84. The Hall–Kier alpha value is -1.72. The minimum atomic E-state index is 0.00770. The number of piperidine rings is 1. The first-order valence-electron chi connectivity index (χ1n) is 9.87. The molecule has 2 nitrogen and oxygen atoms in total. The second kappa shape index (κ2) is 7.67. The summed E-state index contributed by atoms with van der Waals surface area (Å²) in [5.41, 5.74) is 12.3. The van der Waals surface area contributed by atoms with Crippen LogP contribution >= 0.6 is 0 Å². The molecule has 1 aliphatic heterocycles. The zero-order valence-corrected chi connectivity index (χ0v) is 16.0. The van der Waals surface area contributed by atoms with Gasteiger partial charge in [-0.2, -0.15) is 0 Å². The van der Waals surface area contributed by atoms with Gasteiger partial charge in [-0.05, 0) is 74.9 Å². The van der Waals surface area contributed by atoms with E-state index in [-0.39, 0.29) is 5.41 Å². The Kier molecular flexibility index (Phi) is 5.54. The average molecular weight is 337 g/mol.